The Morgan fingerprint density at radius 1 is 0.438 bits per heavy atom. The minimum Gasteiger partial charge on any atom is -0.497 e. The van der Waals surface area contributed by atoms with Crippen LogP contribution in [0.5, 0.6) is 23.0 Å². The molecule has 0 fully saturated rings. The number of carbonyl (C=O) groups is 2. The van der Waals surface area contributed by atoms with Gasteiger partial charge >= 0.3 is 0 Å². The van der Waals surface area contributed by atoms with Gasteiger partial charge in [0.15, 0.2) is 11.6 Å². The summed E-state index contributed by atoms with van der Waals surface area (Å²) in [6.07, 6.45) is 16.1. The maximum absolute atomic E-state index is 12.4. The minimum absolute atomic E-state index is 0.0440. The predicted molar refractivity (Wildman–Crippen MR) is 194 cm³/mol. The van der Waals surface area contributed by atoms with Gasteiger partial charge in [0.2, 0.25) is 0 Å². The number of carbonyl (C=O) groups excluding carboxylic acids is 2. The van der Waals surface area contributed by atoms with Crippen LogP contribution in [0.2, 0.25) is 0 Å². The molecule has 0 aliphatic carbocycles. The zero-order valence-corrected chi connectivity index (χ0v) is 28.1. The minimum atomic E-state index is -0.0440. The summed E-state index contributed by atoms with van der Waals surface area (Å²) in [6.45, 7) is 1.42. The average molecular weight is 647 g/mol. The van der Waals surface area contributed by atoms with Gasteiger partial charge in [-0.1, -0.05) is 74.9 Å². The smallest absolute Gasteiger partial charge is 0.185 e. The van der Waals surface area contributed by atoms with Gasteiger partial charge in [-0.3, -0.25) is 9.59 Å². The Hall–Kier alpha value is -5.10. The Morgan fingerprint density at radius 3 is 1.08 bits per heavy atom. The molecule has 0 saturated heterocycles. The molecule has 0 saturated carbocycles. The van der Waals surface area contributed by atoms with Crippen LogP contribution in [-0.4, -0.2) is 39.0 Å². The lowest BCUT2D eigenvalue weighted by Crippen LogP contribution is -1.98. The van der Waals surface area contributed by atoms with Crippen molar-refractivity contribution >= 4 is 23.7 Å². The Kier molecular flexibility index (Phi) is 15.0. The number of benzene rings is 4. The van der Waals surface area contributed by atoms with Crippen molar-refractivity contribution in [3.05, 3.63) is 131 Å². The largest absolute Gasteiger partial charge is 0.497 e. The number of methoxy groups -OCH3 is 2. The normalized spacial score (nSPS) is 11.1. The summed E-state index contributed by atoms with van der Waals surface area (Å²) >= 11 is 0. The zero-order valence-electron chi connectivity index (χ0n) is 28.1. The van der Waals surface area contributed by atoms with E-state index in [1.54, 1.807) is 74.9 Å². The van der Waals surface area contributed by atoms with Gasteiger partial charge in [-0.25, -0.2) is 0 Å². The van der Waals surface area contributed by atoms with Crippen LogP contribution in [-0.2, 0) is 0 Å². The summed E-state index contributed by atoms with van der Waals surface area (Å²) in [6, 6.07) is 29.8. The van der Waals surface area contributed by atoms with Crippen LogP contribution in [0.25, 0.3) is 12.2 Å². The molecular formula is C42H46O6. The molecule has 6 heteroatoms. The van der Waals surface area contributed by atoms with E-state index in [0.717, 1.165) is 59.8 Å². The van der Waals surface area contributed by atoms with Crippen molar-refractivity contribution in [3.63, 3.8) is 0 Å². The van der Waals surface area contributed by atoms with E-state index in [1.165, 1.54) is 25.7 Å². The van der Waals surface area contributed by atoms with Crippen LogP contribution in [0, 0.1) is 0 Å². The van der Waals surface area contributed by atoms with Crippen molar-refractivity contribution < 1.29 is 28.5 Å². The first-order valence-corrected chi connectivity index (χ1v) is 16.7. The van der Waals surface area contributed by atoms with E-state index in [9.17, 15) is 9.59 Å². The fraction of sp³-hybridized carbons (Fsp3) is 0.286. The third-order valence-corrected chi connectivity index (χ3v) is 7.94. The molecule has 0 N–H and O–H groups in total. The molecule has 48 heavy (non-hydrogen) atoms. The van der Waals surface area contributed by atoms with Crippen molar-refractivity contribution in [2.75, 3.05) is 27.4 Å². The highest BCUT2D eigenvalue weighted by Gasteiger charge is 2.04. The van der Waals surface area contributed by atoms with Gasteiger partial charge in [-0.15, -0.1) is 0 Å². The lowest BCUT2D eigenvalue weighted by atomic mass is 10.1. The van der Waals surface area contributed by atoms with E-state index >= 15 is 0 Å². The van der Waals surface area contributed by atoms with Crippen LogP contribution >= 0.6 is 0 Å². The number of allylic oxidation sites excluding steroid dienone is 2. The first kappa shape index (κ1) is 35.7. The number of hydrogen-bond donors (Lipinski definition) is 0. The van der Waals surface area contributed by atoms with Crippen molar-refractivity contribution in [2.24, 2.45) is 0 Å². The van der Waals surface area contributed by atoms with Crippen LogP contribution in [0.4, 0.5) is 0 Å². The monoisotopic (exact) mass is 646 g/mol. The molecule has 4 rings (SSSR count). The number of rotatable bonds is 21. The van der Waals surface area contributed by atoms with Gasteiger partial charge < -0.3 is 18.9 Å². The molecule has 0 atom stereocenters. The second-order valence-corrected chi connectivity index (χ2v) is 11.5. The van der Waals surface area contributed by atoms with E-state index in [0.29, 0.717) is 24.3 Å². The van der Waals surface area contributed by atoms with E-state index < -0.39 is 0 Å². The lowest BCUT2D eigenvalue weighted by Gasteiger charge is -2.07. The summed E-state index contributed by atoms with van der Waals surface area (Å²) in [5.41, 5.74) is 3.16. The zero-order chi connectivity index (χ0) is 33.8. The summed E-state index contributed by atoms with van der Waals surface area (Å²) in [5, 5.41) is 0. The van der Waals surface area contributed by atoms with Crippen LogP contribution in [0.3, 0.4) is 0 Å². The molecule has 4 aromatic carbocycles. The Labute approximate surface area is 285 Å². The highest BCUT2D eigenvalue weighted by Crippen LogP contribution is 2.18. The molecule has 0 aromatic heterocycles. The molecule has 0 amide bonds. The van der Waals surface area contributed by atoms with Crippen LogP contribution in [0.15, 0.2) is 109 Å². The van der Waals surface area contributed by atoms with E-state index in [4.69, 9.17) is 18.9 Å². The third-order valence-electron chi connectivity index (χ3n) is 7.94. The standard InChI is InChI=1S/C42H46O6/c1-45-37-25-17-35(18-26-37)41(43)29-15-33-11-21-39(22-12-33)47-31-9-7-5-3-4-6-8-10-32-48-40-23-13-34(14-24-40)16-30-42(44)36-19-27-38(46-2)28-20-36/h11-30H,3-10,31-32H2,1-2H3/b29-15-,30-16+. The molecule has 0 unspecified atom stereocenters. The van der Waals surface area contributed by atoms with Crippen molar-refractivity contribution in [1.29, 1.82) is 0 Å². The molecule has 0 bridgehead atoms. The summed E-state index contributed by atoms with van der Waals surface area (Å²) in [5.74, 6) is 3.07. The first-order valence-electron chi connectivity index (χ1n) is 16.7. The quantitative estimate of drug-likeness (QED) is 0.0510. The SMILES string of the molecule is COc1ccc(C(=O)/C=C\c2ccc(OCCCCCCCCCCOc3ccc(/C=C/C(=O)c4ccc(OC)cc4)cc3)cc2)cc1. The molecular weight excluding hydrogens is 600 g/mol. The summed E-state index contributed by atoms with van der Waals surface area (Å²) in [4.78, 5) is 24.7. The van der Waals surface area contributed by atoms with Gasteiger partial charge in [0.1, 0.15) is 23.0 Å². The Balaban J connectivity index is 0.983. The topological polar surface area (TPSA) is 71.1 Å². The van der Waals surface area contributed by atoms with Crippen molar-refractivity contribution in [1.82, 2.24) is 0 Å². The summed E-state index contributed by atoms with van der Waals surface area (Å²) < 4.78 is 22.1. The Morgan fingerprint density at radius 2 is 0.750 bits per heavy atom. The average Bonchev–Trinajstić information content (AvgIpc) is 3.14. The lowest BCUT2D eigenvalue weighted by molar-refractivity contribution is 0.103. The molecule has 0 radical (unpaired) electrons. The maximum atomic E-state index is 12.4. The second kappa shape index (κ2) is 20.2. The fourth-order valence-corrected chi connectivity index (χ4v) is 5.04. The maximum Gasteiger partial charge on any atom is 0.185 e. The molecule has 0 aliphatic heterocycles. The molecule has 4 aromatic rings. The highest BCUT2D eigenvalue weighted by molar-refractivity contribution is 6.07. The number of ketones is 2. The van der Waals surface area contributed by atoms with Crippen LogP contribution in [0.1, 0.15) is 83.2 Å². The van der Waals surface area contributed by atoms with Gasteiger partial charge in [0.05, 0.1) is 27.4 Å². The van der Waals surface area contributed by atoms with Crippen molar-refractivity contribution in [2.45, 2.75) is 51.4 Å². The number of unbranched alkanes of at least 4 members (excludes halogenated alkanes) is 7. The number of hydrogen-bond acceptors (Lipinski definition) is 6. The second-order valence-electron chi connectivity index (χ2n) is 11.5. The van der Waals surface area contributed by atoms with Gasteiger partial charge in [0, 0.05) is 11.1 Å². The highest BCUT2D eigenvalue weighted by atomic mass is 16.5. The molecule has 250 valence electrons. The van der Waals surface area contributed by atoms with Crippen molar-refractivity contribution in [3.8, 4) is 23.0 Å². The molecule has 0 spiro atoms. The number of ether oxygens (including phenoxy) is 4. The van der Waals surface area contributed by atoms with Gasteiger partial charge in [-0.2, -0.15) is 0 Å². The summed E-state index contributed by atoms with van der Waals surface area (Å²) in [7, 11) is 3.21. The molecule has 6 nitrogen and oxygen atoms in total. The fourth-order valence-electron chi connectivity index (χ4n) is 5.04. The third kappa shape index (κ3) is 12.6. The predicted octanol–water partition coefficient (Wildman–Crippen LogP) is 10.1. The van der Waals surface area contributed by atoms with Gasteiger partial charge in [-0.05, 0) is 109 Å². The van der Waals surface area contributed by atoms with Crippen LogP contribution < -0.4 is 18.9 Å². The van der Waals surface area contributed by atoms with Gasteiger partial charge in [0.25, 0.3) is 0 Å². The van der Waals surface area contributed by atoms with E-state index in [-0.39, 0.29) is 11.6 Å². The van der Waals surface area contributed by atoms with E-state index in [1.807, 2.05) is 60.7 Å². The Bertz CT molecular complexity index is 1460. The molecule has 0 heterocycles. The van der Waals surface area contributed by atoms with E-state index in [2.05, 4.69) is 0 Å². The molecule has 0 aliphatic rings. The first-order chi connectivity index (χ1) is 23.5.